The number of carbonyl (C=O) groups is 1. The summed E-state index contributed by atoms with van der Waals surface area (Å²) in [4.78, 5) is 11.4. The summed E-state index contributed by atoms with van der Waals surface area (Å²) in [6, 6.07) is 14.7. The van der Waals surface area contributed by atoms with Crippen molar-refractivity contribution < 1.29 is 27.2 Å². The Kier molecular flexibility index (Phi) is 6.59. The van der Waals surface area contributed by atoms with Gasteiger partial charge in [-0.2, -0.15) is 8.42 Å². The summed E-state index contributed by atoms with van der Waals surface area (Å²) in [7, 11) is -3.55. The number of carboxylic acid groups (broad SMARTS) is 1. The molecule has 3 rings (SSSR count). The Balaban J connectivity index is 1.59. The minimum absolute atomic E-state index is 0.303. The molecule has 0 aliphatic heterocycles. The van der Waals surface area contributed by atoms with Crippen molar-refractivity contribution in [2.75, 3.05) is 6.26 Å². The standard InChI is InChI=1S/C23H27NO6S/c1-4-23(2,22(25)26)29-19-9-7-17(8-10-19)6-5-14-24-15-13-18-16-20(11-12-21(18)24)30-31(3,27)28/h7-13,15-16H,4-6,14H2,1-3H3,(H,25,26)/t23-/m1/s1. The Hall–Kier alpha value is -3.00. The first-order valence-corrected chi connectivity index (χ1v) is 11.9. The molecular formula is C23H27NO6S. The number of hydrogen-bond donors (Lipinski definition) is 1. The van der Waals surface area contributed by atoms with Gasteiger partial charge >= 0.3 is 16.1 Å². The lowest BCUT2D eigenvalue weighted by molar-refractivity contribution is -0.154. The average molecular weight is 446 g/mol. The molecule has 0 bridgehead atoms. The SMILES string of the molecule is CC[C@@](C)(Oc1ccc(CCCn2ccc3cc(OS(C)(=O)=O)ccc32)cc1)C(=O)O. The number of aryl methyl sites for hydroxylation is 2. The van der Waals surface area contributed by atoms with E-state index in [1.165, 1.54) is 0 Å². The summed E-state index contributed by atoms with van der Waals surface area (Å²) in [5.74, 6) is -0.135. The normalized spacial score (nSPS) is 13.6. The van der Waals surface area contributed by atoms with Crippen molar-refractivity contribution in [2.24, 2.45) is 0 Å². The van der Waals surface area contributed by atoms with E-state index >= 15 is 0 Å². The Morgan fingerprint density at radius 1 is 1.10 bits per heavy atom. The summed E-state index contributed by atoms with van der Waals surface area (Å²) < 4.78 is 35.3. The van der Waals surface area contributed by atoms with Gasteiger partial charge in [0.05, 0.1) is 6.26 Å². The van der Waals surface area contributed by atoms with Gasteiger partial charge in [0.2, 0.25) is 5.60 Å². The molecule has 1 atom stereocenters. The van der Waals surface area contributed by atoms with Gasteiger partial charge in [0.25, 0.3) is 0 Å². The molecule has 166 valence electrons. The monoisotopic (exact) mass is 445 g/mol. The van der Waals surface area contributed by atoms with E-state index in [0.29, 0.717) is 17.9 Å². The maximum Gasteiger partial charge on any atom is 0.347 e. The van der Waals surface area contributed by atoms with Crippen LogP contribution in [0.25, 0.3) is 10.9 Å². The fourth-order valence-corrected chi connectivity index (χ4v) is 3.76. The number of nitrogens with zero attached hydrogens (tertiary/aromatic N) is 1. The van der Waals surface area contributed by atoms with Crippen LogP contribution in [-0.2, 0) is 27.9 Å². The largest absolute Gasteiger partial charge is 0.478 e. The van der Waals surface area contributed by atoms with Gasteiger partial charge in [0.15, 0.2) is 0 Å². The number of benzene rings is 2. The first-order valence-electron chi connectivity index (χ1n) is 10.1. The number of carboxylic acids is 1. The molecule has 0 aliphatic rings. The van der Waals surface area contributed by atoms with Crippen molar-refractivity contribution in [3.05, 3.63) is 60.3 Å². The van der Waals surface area contributed by atoms with Gasteiger partial charge in [-0.1, -0.05) is 19.1 Å². The topological polar surface area (TPSA) is 94.8 Å². The zero-order valence-electron chi connectivity index (χ0n) is 17.9. The number of fused-ring (bicyclic) bond motifs is 1. The van der Waals surface area contributed by atoms with E-state index in [0.717, 1.165) is 42.1 Å². The van der Waals surface area contributed by atoms with Gasteiger partial charge in [-0.05, 0) is 68.1 Å². The van der Waals surface area contributed by atoms with Crippen LogP contribution in [0.3, 0.4) is 0 Å². The van der Waals surface area contributed by atoms with Crippen LogP contribution in [0.4, 0.5) is 0 Å². The van der Waals surface area contributed by atoms with Crippen LogP contribution in [-0.4, -0.2) is 35.9 Å². The molecule has 0 aliphatic carbocycles. The minimum atomic E-state index is -3.55. The molecule has 0 saturated heterocycles. The van der Waals surface area contributed by atoms with Crippen LogP contribution in [0.2, 0.25) is 0 Å². The van der Waals surface area contributed by atoms with Crippen molar-refractivity contribution in [2.45, 2.75) is 45.3 Å². The predicted octanol–water partition coefficient (Wildman–Crippen LogP) is 4.24. The zero-order chi connectivity index (χ0) is 22.6. The van der Waals surface area contributed by atoms with Crippen molar-refractivity contribution >= 4 is 27.0 Å². The van der Waals surface area contributed by atoms with Gasteiger partial charge in [-0.25, -0.2) is 4.79 Å². The predicted molar refractivity (Wildman–Crippen MR) is 119 cm³/mol. The second-order valence-electron chi connectivity index (χ2n) is 7.76. The van der Waals surface area contributed by atoms with Gasteiger partial charge in [0.1, 0.15) is 11.5 Å². The van der Waals surface area contributed by atoms with Crippen LogP contribution in [0, 0.1) is 0 Å². The zero-order valence-corrected chi connectivity index (χ0v) is 18.7. The Morgan fingerprint density at radius 2 is 1.77 bits per heavy atom. The molecule has 0 radical (unpaired) electrons. The third-order valence-electron chi connectivity index (χ3n) is 5.25. The highest BCUT2D eigenvalue weighted by molar-refractivity contribution is 7.86. The van der Waals surface area contributed by atoms with Gasteiger partial charge in [-0.3, -0.25) is 0 Å². The molecular weight excluding hydrogens is 418 g/mol. The maximum atomic E-state index is 11.4. The number of aromatic nitrogens is 1. The quantitative estimate of drug-likeness (QED) is 0.469. The van der Waals surface area contributed by atoms with Crippen LogP contribution in [0.15, 0.2) is 54.7 Å². The molecule has 1 N–H and O–H groups in total. The van der Waals surface area contributed by atoms with E-state index < -0.39 is 21.7 Å². The molecule has 0 unspecified atom stereocenters. The fraction of sp³-hybridized carbons (Fsp3) is 0.348. The molecule has 3 aromatic rings. The lowest BCUT2D eigenvalue weighted by Gasteiger charge is -2.24. The van der Waals surface area contributed by atoms with E-state index in [1.807, 2.05) is 30.5 Å². The summed E-state index contributed by atoms with van der Waals surface area (Å²) in [5, 5.41) is 10.3. The summed E-state index contributed by atoms with van der Waals surface area (Å²) in [5.41, 5.74) is 0.918. The first-order chi connectivity index (χ1) is 14.6. The Labute approximate surface area is 182 Å². The van der Waals surface area contributed by atoms with Crippen LogP contribution >= 0.6 is 0 Å². The molecule has 31 heavy (non-hydrogen) atoms. The third-order valence-corrected chi connectivity index (χ3v) is 5.74. The summed E-state index contributed by atoms with van der Waals surface area (Å²) in [6.45, 7) is 4.16. The molecule has 0 amide bonds. The van der Waals surface area contributed by atoms with Crippen molar-refractivity contribution in [1.82, 2.24) is 4.57 Å². The average Bonchev–Trinajstić information content (AvgIpc) is 3.10. The van der Waals surface area contributed by atoms with E-state index in [2.05, 4.69) is 4.57 Å². The number of hydrogen-bond acceptors (Lipinski definition) is 5. The molecule has 0 saturated carbocycles. The second-order valence-corrected chi connectivity index (χ2v) is 9.33. The molecule has 7 nitrogen and oxygen atoms in total. The number of aliphatic carboxylic acids is 1. The van der Waals surface area contributed by atoms with E-state index in [4.69, 9.17) is 8.92 Å². The lowest BCUT2D eigenvalue weighted by atomic mass is 10.0. The first kappa shape index (κ1) is 22.7. The van der Waals surface area contributed by atoms with E-state index in [9.17, 15) is 18.3 Å². The highest BCUT2D eigenvalue weighted by atomic mass is 32.2. The van der Waals surface area contributed by atoms with Crippen molar-refractivity contribution in [1.29, 1.82) is 0 Å². The minimum Gasteiger partial charge on any atom is -0.478 e. The molecule has 0 fully saturated rings. The molecule has 8 heteroatoms. The molecule has 1 heterocycles. The van der Waals surface area contributed by atoms with Gasteiger partial charge in [-0.15, -0.1) is 0 Å². The number of ether oxygens (including phenoxy) is 1. The maximum absolute atomic E-state index is 11.4. The molecule has 0 spiro atoms. The highest BCUT2D eigenvalue weighted by Gasteiger charge is 2.33. The van der Waals surface area contributed by atoms with Crippen LogP contribution in [0.1, 0.15) is 32.3 Å². The highest BCUT2D eigenvalue weighted by Crippen LogP contribution is 2.24. The van der Waals surface area contributed by atoms with Crippen LogP contribution < -0.4 is 8.92 Å². The summed E-state index contributed by atoms with van der Waals surface area (Å²) >= 11 is 0. The fourth-order valence-electron chi connectivity index (χ4n) is 3.30. The Bertz CT molecular complexity index is 1170. The lowest BCUT2D eigenvalue weighted by Crippen LogP contribution is -2.40. The smallest absolute Gasteiger partial charge is 0.347 e. The second kappa shape index (κ2) is 9.01. The van der Waals surface area contributed by atoms with Crippen LogP contribution in [0.5, 0.6) is 11.5 Å². The van der Waals surface area contributed by atoms with E-state index in [1.54, 1.807) is 38.1 Å². The van der Waals surface area contributed by atoms with Gasteiger partial charge < -0.3 is 18.6 Å². The van der Waals surface area contributed by atoms with E-state index in [-0.39, 0.29) is 0 Å². The Morgan fingerprint density at radius 3 is 2.39 bits per heavy atom. The number of rotatable bonds is 10. The molecule has 2 aromatic carbocycles. The third kappa shape index (κ3) is 5.79. The summed E-state index contributed by atoms with van der Waals surface area (Å²) in [6.07, 6.45) is 5.14. The van der Waals surface area contributed by atoms with Crippen molar-refractivity contribution in [3.63, 3.8) is 0 Å². The molecule has 1 aromatic heterocycles. The van der Waals surface area contributed by atoms with Crippen molar-refractivity contribution in [3.8, 4) is 11.5 Å². The van der Waals surface area contributed by atoms with Gasteiger partial charge in [0, 0.05) is 23.6 Å².